The van der Waals surface area contributed by atoms with Gasteiger partial charge < -0.3 is 0 Å². The van der Waals surface area contributed by atoms with Crippen LogP contribution in [0.15, 0.2) is 72.8 Å². The Labute approximate surface area is 199 Å². The zero-order valence-electron chi connectivity index (χ0n) is 18.2. The molecule has 170 valence electrons. The van der Waals surface area contributed by atoms with Crippen molar-refractivity contribution in [2.24, 2.45) is 0 Å². The molecular weight excluding hydrogens is 485 g/mol. The van der Waals surface area contributed by atoms with Gasteiger partial charge in [0, 0.05) is 0 Å². The van der Waals surface area contributed by atoms with Crippen LogP contribution in [0.4, 0.5) is 4.79 Å². The van der Waals surface area contributed by atoms with Gasteiger partial charge in [-0.25, -0.2) is 0 Å². The Hall–Kier alpha value is -3.28. The Morgan fingerprint density at radius 2 is 1.58 bits per heavy atom. The molecule has 0 fully saturated rings. The molecule has 0 bridgehead atoms. The number of carbonyl (C=O) groups is 2. The fourth-order valence-electron chi connectivity index (χ4n) is 3.97. The molecule has 3 aromatic rings. The molecule has 0 saturated heterocycles. The summed E-state index contributed by atoms with van der Waals surface area (Å²) in [6.45, 7) is 0.156. The molecule has 0 spiro atoms. The van der Waals surface area contributed by atoms with Crippen LogP contribution in [-0.2, 0) is 14.9 Å². The van der Waals surface area contributed by atoms with Crippen LogP contribution >= 0.6 is 0 Å². The van der Waals surface area contributed by atoms with Gasteiger partial charge in [-0.15, -0.1) is 0 Å². The molecular formula is C26H25NO5Se. The normalized spacial score (nSPS) is 13.0. The third-order valence-electron chi connectivity index (χ3n) is 5.65. The Morgan fingerprint density at radius 1 is 0.970 bits per heavy atom. The molecule has 0 aromatic heterocycles. The quantitative estimate of drug-likeness (QED) is 0.419. The number of fused-ring (bicyclic) bond motifs is 3. The number of ether oxygens (including phenoxy) is 2. The number of rotatable bonds is 9. The molecule has 1 unspecified atom stereocenters. The van der Waals surface area contributed by atoms with E-state index in [-0.39, 0.29) is 27.5 Å². The first-order valence-corrected chi connectivity index (χ1v) is 13.0. The third kappa shape index (κ3) is 5.38. The maximum atomic E-state index is 12.4. The van der Waals surface area contributed by atoms with Crippen molar-refractivity contribution in [1.82, 2.24) is 5.32 Å². The van der Waals surface area contributed by atoms with E-state index in [0.29, 0.717) is 5.32 Å². The number of hydrogen-bond acceptors (Lipinski definition) is 4. The summed E-state index contributed by atoms with van der Waals surface area (Å²) in [6.07, 6.45) is -0.704. The zero-order valence-corrected chi connectivity index (χ0v) is 19.9. The second-order valence-electron chi connectivity index (χ2n) is 7.72. The number of amides is 1. The number of carboxylic acid groups (broad SMARTS) is 1. The van der Waals surface area contributed by atoms with Crippen LogP contribution in [0, 0.1) is 0 Å². The summed E-state index contributed by atoms with van der Waals surface area (Å²) in [4.78, 5) is 24.1. The first kappa shape index (κ1) is 22.9. The first-order chi connectivity index (χ1) is 16.1. The number of methoxy groups -OCH3 is 1. The fraction of sp³-hybridized carbons (Fsp3) is 0.231. The molecule has 0 saturated carbocycles. The minimum atomic E-state index is -1.06. The van der Waals surface area contributed by atoms with E-state index in [1.165, 1.54) is 0 Å². The van der Waals surface area contributed by atoms with Gasteiger partial charge in [0.1, 0.15) is 0 Å². The Balaban J connectivity index is 1.32. The van der Waals surface area contributed by atoms with Crippen molar-refractivity contribution in [3.8, 4) is 16.9 Å². The first-order valence-electron chi connectivity index (χ1n) is 10.6. The van der Waals surface area contributed by atoms with Crippen LogP contribution in [0.3, 0.4) is 0 Å². The number of benzene rings is 3. The van der Waals surface area contributed by atoms with Crippen LogP contribution in [0.5, 0.6) is 5.75 Å². The summed E-state index contributed by atoms with van der Waals surface area (Å²) in [6, 6.07) is 22.9. The van der Waals surface area contributed by atoms with E-state index in [2.05, 4.69) is 17.4 Å². The van der Waals surface area contributed by atoms with Crippen LogP contribution in [0.2, 0.25) is 5.32 Å². The number of carbonyl (C=O) groups excluding carboxylic acids is 1. The maximum absolute atomic E-state index is 12.4. The summed E-state index contributed by atoms with van der Waals surface area (Å²) in [5.74, 6) is -0.336. The summed E-state index contributed by atoms with van der Waals surface area (Å²) in [5, 5.41) is 13.2. The van der Waals surface area contributed by atoms with E-state index < -0.39 is 18.1 Å². The molecule has 1 aliphatic rings. The molecule has 7 heteroatoms. The second kappa shape index (κ2) is 10.6. The number of nitrogens with one attached hydrogen (secondary N) is 1. The zero-order chi connectivity index (χ0) is 23.2. The molecule has 1 aliphatic carbocycles. The van der Waals surface area contributed by atoms with Crippen molar-refractivity contribution >= 4 is 27.0 Å². The van der Waals surface area contributed by atoms with Gasteiger partial charge >= 0.3 is 199 Å². The van der Waals surface area contributed by atoms with Gasteiger partial charge in [-0.3, -0.25) is 0 Å². The number of carboxylic acids is 1. The molecule has 1 atom stereocenters. The molecule has 4 rings (SSSR count). The number of aliphatic carboxylic acids is 1. The van der Waals surface area contributed by atoms with Gasteiger partial charge in [-0.2, -0.15) is 0 Å². The Morgan fingerprint density at radius 3 is 2.15 bits per heavy atom. The second-order valence-corrected chi connectivity index (χ2v) is 9.89. The summed E-state index contributed by atoms with van der Waals surface area (Å²) in [5.41, 5.74) is 5.63. The molecule has 3 aromatic carbocycles. The van der Waals surface area contributed by atoms with Gasteiger partial charge in [0.2, 0.25) is 0 Å². The van der Waals surface area contributed by atoms with E-state index >= 15 is 0 Å². The Bertz CT molecular complexity index is 1090. The average Bonchev–Trinajstić information content (AvgIpc) is 3.16. The number of hydrogen-bond donors (Lipinski definition) is 2. The standard InChI is InChI=1S/C26H25NO5Se/c1-31-18-12-10-17(11-13-18)15-33-16-24(25(28)29)27-26(30)32-14-23-21-8-4-2-6-19(21)20-7-3-5-9-22(20)23/h2-13,23-24H,14-16H2,1H3,(H,27,30)(H,28,29). The molecule has 1 amide bonds. The summed E-state index contributed by atoms with van der Waals surface area (Å²) >= 11 is 0.00819. The average molecular weight is 510 g/mol. The van der Waals surface area contributed by atoms with Gasteiger partial charge in [0.25, 0.3) is 0 Å². The monoisotopic (exact) mass is 511 g/mol. The molecule has 0 aliphatic heterocycles. The predicted octanol–water partition coefficient (Wildman–Crippen LogP) is 4.31. The summed E-state index contributed by atoms with van der Waals surface area (Å²) in [7, 11) is 1.62. The van der Waals surface area contributed by atoms with Crippen molar-refractivity contribution in [3.05, 3.63) is 89.5 Å². The van der Waals surface area contributed by atoms with E-state index in [0.717, 1.165) is 38.9 Å². The molecule has 6 nitrogen and oxygen atoms in total. The van der Waals surface area contributed by atoms with Gasteiger partial charge in [-0.05, 0) is 0 Å². The van der Waals surface area contributed by atoms with E-state index in [1.807, 2.05) is 60.7 Å². The van der Waals surface area contributed by atoms with Crippen LogP contribution in [0.25, 0.3) is 11.1 Å². The van der Waals surface area contributed by atoms with Crippen LogP contribution in [0.1, 0.15) is 22.6 Å². The van der Waals surface area contributed by atoms with Gasteiger partial charge in [0.15, 0.2) is 0 Å². The van der Waals surface area contributed by atoms with E-state index in [9.17, 15) is 14.7 Å². The molecule has 0 heterocycles. The van der Waals surface area contributed by atoms with E-state index in [1.54, 1.807) is 7.11 Å². The van der Waals surface area contributed by atoms with Crippen molar-refractivity contribution < 1.29 is 24.2 Å². The third-order valence-corrected chi connectivity index (χ3v) is 7.97. The van der Waals surface area contributed by atoms with Crippen molar-refractivity contribution in [3.63, 3.8) is 0 Å². The van der Waals surface area contributed by atoms with Gasteiger partial charge in [-0.1, -0.05) is 0 Å². The Kier molecular flexibility index (Phi) is 7.33. The summed E-state index contributed by atoms with van der Waals surface area (Å²) < 4.78 is 10.6. The number of alkyl carbamates (subject to hydrolysis) is 1. The van der Waals surface area contributed by atoms with Crippen LogP contribution in [-0.4, -0.2) is 51.9 Å². The molecule has 0 radical (unpaired) electrons. The van der Waals surface area contributed by atoms with Crippen molar-refractivity contribution in [1.29, 1.82) is 0 Å². The predicted molar refractivity (Wildman–Crippen MR) is 127 cm³/mol. The van der Waals surface area contributed by atoms with Crippen LogP contribution < -0.4 is 10.1 Å². The van der Waals surface area contributed by atoms with E-state index in [4.69, 9.17) is 9.47 Å². The SMILES string of the molecule is COc1ccc(C[Se]CC(NC(=O)OCC2c3ccccc3-c3ccccc32)C(=O)O)cc1. The fourth-order valence-corrected chi connectivity index (χ4v) is 6.09. The topological polar surface area (TPSA) is 84.9 Å². The van der Waals surface area contributed by atoms with Crippen molar-refractivity contribution in [2.75, 3.05) is 13.7 Å². The van der Waals surface area contributed by atoms with Crippen molar-refractivity contribution in [2.45, 2.75) is 22.6 Å². The molecule has 2 N–H and O–H groups in total. The minimum absolute atomic E-state index is 0.00819. The van der Waals surface area contributed by atoms with Gasteiger partial charge in [0.05, 0.1) is 0 Å². The molecule has 33 heavy (non-hydrogen) atoms.